The topological polar surface area (TPSA) is 9.23 Å². The van der Waals surface area contributed by atoms with Gasteiger partial charge < -0.3 is 4.74 Å². The molecule has 1 aliphatic heterocycles. The van der Waals surface area contributed by atoms with Gasteiger partial charge in [-0.3, -0.25) is 0 Å². The van der Waals surface area contributed by atoms with Crippen molar-refractivity contribution in [1.82, 2.24) is 0 Å². The zero-order valence-corrected chi connectivity index (χ0v) is 14.6. The van der Waals surface area contributed by atoms with Crippen LogP contribution in [0.5, 0.6) is 0 Å². The first-order valence-corrected chi connectivity index (χ1v) is 8.68. The Morgan fingerprint density at radius 2 is 1.82 bits per heavy atom. The van der Waals surface area contributed by atoms with E-state index in [2.05, 4.69) is 83.4 Å². The van der Waals surface area contributed by atoms with E-state index in [-0.39, 0.29) is 12.2 Å². The fraction of sp³-hybridized carbons (Fsp3) is 0.250. The van der Waals surface area contributed by atoms with Gasteiger partial charge in [0, 0.05) is 15.6 Å². The zero-order chi connectivity index (χ0) is 15.4. The summed E-state index contributed by atoms with van der Waals surface area (Å²) in [5.74, 6) is 0. The number of benzene rings is 2. The largest absolute Gasteiger partial charge is 0.365 e. The summed E-state index contributed by atoms with van der Waals surface area (Å²) in [5.41, 5.74) is 6.94. The van der Waals surface area contributed by atoms with Gasteiger partial charge in [0.1, 0.15) is 0 Å². The molecule has 2 atom stereocenters. The van der Waals surface area contributed by atoms with E-state index in [4.69, 9.17) is 4.74 Å². The lowest BCUT2D eigenvalue weighted by molar-refractivity contribution is 0.0478. The minimum Gasteiger partial charge on any atom is -0.365 e. The first kappa shape index (κ1) is 15.5. The van der Waals surface area contributed by atoms with Crippen molar-refractivity contribution in [1.29, 1.82) is 0 Å². The van der Waals surface area contributed by atoms with Gasteiger partial charge in [0.2, 0.25) is 0 Å². The molecule has 1 nitrogen and oxygen atoms in total. The summed E-state index contributed by atoms with van der Waals surface area (Å²) >= 11 is 2.40. The Kier molecular flexibility index (Phi) is 5.14. The third-order valence-corrected chi connectivity index (χ3v) is 5.21. The SMILES string of the molecule is C=C=C1C[C@@H](c2ccccc2)O[C@H]1CCc1ccccc1I. The van der Waals surface area contributed by atoms with Gasteiger partial charge in [0.25, 0.3) is 0 Å². The molecule has 0 N–H and O–H groups in total. The molecule has 112 valence electrons. The molecule has 2 heteroatoms. The minimum absolute atomic E-state index is 0.138. The Balaban J connectivity index is 1.69. The second-order valence-electron chi connectivity index (χ2n) is 5.56. The van der Waals surface area contributed by atoms with Crippen LogP contribution in [0.1, 0.15) is 30.1 Å². The molecule has 1 fully saturated rings. The summed E-state index contributed by atoms with van der Waals surface area (Å²) < 4.78 is 7.59. The van der Waals surface area contributed by atoms with Gasteiger partial charge in [-0.1, -0.05) is 55.1 Å². The molecule has 0 aliphatic carbocycles. The van der Waals surface area contributed by atoms with Gasteiger partial charge in [-0.15, -0.1) is 5.73 Å². The summed E-state index contributed by atoms with van der Waals surface area (Å²) in [4.78, 5) is 0. The highest BCUT2D eigenvalue weighted by atomic mass is 127. The molecule has 1 aliphatic rings. The maximum Gasteiger partial charge on any atom is 0.0877 e. The lowest BCUT2D eigenvalue weighted by atomic mass is 9.99. The fourth-order valence-corrected chi connectivity index (χ4v) is 3.60. The monoisotopic (exact) mass is 402 g/mol. The number of aryl methyl sites for hydroxylation is 1. The van der Waals surface area contributed by atoms with Crippen LogP contribution in [0, 0.1) is 3.57 Å². The van der Waals surface area contributed by atoms with E-state index in [1.807, 2.05) is 6.07 Å². The van der Waals surface area contributed by atoms with Crippen LogP contribution in [0.25, 0.3) is 0 Å². The number of halogens is 1. The predicted octanol–water partition coefficient (Wildman–Crippen LogP) is 5.47. The van der Waals surface area contributed by atoms with Gasteiger partial charge in [0.15, 0.2) is 0 Å². The molecule has 0 spiro atoms. The maximum absolute atomic E-state index is 6.27. The Labute approximate surface area is 145 Å². The Hall–Kier alpha value is -1.35. The third kappa shape index (κ3) is 3.52. The summed E-state index contributed by atoms with van der Waals surface area (Å²) in [7, 11) is 0. The van der Waals surface area contributed by atoms with E-state index >= 15 is 0 Å². The van der Waals surface area contributed by atoms with Crippen LogP contribution in [0.3, 0.4) is 0 Å². The summed E-state index contributed by atoms with van der Waals surface area (Å²) in [6.45, 7) is 3.85. The second-order valence-corrected chi connectivity index (χ2v) is 6.72. The van der Waals surface area contributed by atoms with Crippen molar-refractivity contribution in [3.63, 3.8) is 0 Å². The van der Waals surface area contributed by atoms with E-state index < -0.39 is 0 Å². The molecule has 1 saturated heterocycles. The molecule has 0 bridgehead atoms. The summed E-state index contributed by atoms with van der Waals surface area (Å²) in [6, 6.07) is 19.0. The number of rotatable bonds is 4. The van der Waals surface area contributed by atoms with E-state index in [9.17, 15) is 0 Å². The quantitative estimate of drug-likeness (QED) is 0.487. The average molecular weight is 402 g/mol. The fourth-order valence-electron chi connectivity index (χ4n) is 2.94. The van der Waals surface area contributed by atoms with E-state index in [1.165, 1.54) is 20.3 Å². The molecule has 2 aromatic carbocycles. The molecule has 0 amide bonds. The van der Waals surface area contributed by atoms with Crippen molar-refractivity contribution in [2.24, 2.45) is 0 Å². The number of ether oxygens (including phenoxy) is 1. The average Bonchev–Trinajstić information content (AvgIpc) is 2.98. The van der Waals surface area contributed by atoms with E-state index in [0.717, 1.165) is 19.3 Å². The van der Waals surface area contributed by atoms with Crippen LogP contribution in [-0.4, -0.2) is 6.10 Å². The molecule has 0 unspecified atom stereocenters. The lowest BCUT2D eigenvalue weighted by Crippen LogP contribution is -2.10. The second kappa shape index (κ2) is 7.28. The molecule has 22 heavy (non-hydrogen) atoms. The van der Waals surface area contributed by atoms with Crippen LogP contribution >= 0.6 is 22.6 Å². The smallest absolute Gasteiger partial charge is 0.0877 e. The molecule has 0 saturated carbocycles. The summed E-state index contributed by atoms with van der Waals surface area (Å²) in [5, 5.41) is 0. The Morgan fingerprint density at radius 1 is 1.09 bits per heavy atom. The summed E-state index contributed by atoms with van der Waals surface area (Å²) in [6.07, 6.45) is 3.20. The first-order chi connectivity index (χ1) is 10.8. The highest BCUT2D eigenvalue weighted by molar-refractivity contribution is 14.1. The molecular formula is C20H19IO. The molecule has 1 heterocycles. The third-order valence-electron chi connectivity index (χ3n) is 4.15. The highest BCUT2D eigenvalue weighted by Gasteiger charge is 2.30. The van der Waals surface area contributed by atoms with Gasteiger partial charge >= 0.3 is 0 Å². The normalized spacial score (nSPS) is 20.9. The molecule has 0 radical (unpaired) electrons. The van der Waals surface area contributed by atoms with Crippen LogP contribution in [0.2, 0.25) is 0 Å². The standard InChI is InChI=1S/C20H19IO/c1-2-15-14-20(17-9-4-3-5-10-17)22-19(15)13-12-16-8-6-7-11-18(16)21/h3-11,19-20H,1,12-14H2/t19-,20-/m0/s1. The first-order valence-electron chi connectivity index (χ1n) is 7.60. The van der Waals surface area contributed by atoms with Gasteiger partial charge in [0.05, 0.1) is 12.2 Å². The van der Waals surface area contributed by atoms with E-state index in [0.29, 0.717) is 0 Å². The van der Waals surface area contributed by atoms with Crippen molar-refractivity contribution in [3.05, 3.63) is 87.2 Å². The number of hydrogen-bond acceptors (Lipinski definition) is 1. The minimum atomic E-state index is 0.138. The van der Waals surface area contributed by atoms with Crippen molar-refractivity contribution >= 4 is 22.6 Å². The zero-order valence-electron chi connectivity index (χ0n) is 12.5. The Morgan fingerprint density at radius 3 is 2.55 bits per heavy atom. The van der Waals surface area contributed by atoms with Crippen molar-refractivity contribution in [3.8, 4) is 0 Å². The van der Waals surface area contributed by atoms with Crippen LogP contribution in [-0.2, 0) is 11.2 Å². The van der Waals surface area contributed by atoms with Crippen molar-refractivity contribution < 1.29 is 4.74 Å². The van der Waals surface area contributed by atoms with Crippen LogP contribution in [0.4, 0.5) is 0 Å². The number of hydrogen-bond donors (Lipinski definition) is 0. The highest BCUT2D eigenvalue weighted by Crippen LogP contribution is 2.37. The van der Waals surface area contributed by atoms with E-state index in [1.54, 1.807) is 0 Å². The maximum atomic E-state index is 6.27. The van der Waals surface area contributed by atoms with Gasteiger partial charge in [-0.05, 0) is 52.6 Å². The van der Waals surface area contributed by atoms with Crippen LogP contribution < -0.4 is 0 Å². The lowest BCUT2D eigenvalue weighted by Gasteiger charge is -2.14. The van der Waals surface area contributed by atoms with Crippen molar-refractivity contribution in [2.45, 2.75) is 31.5 Å². The van der Waals surface area contributed by atoms with Gasteiger partial charge in [-0.25, -0.2) is 0 Å². The van der Waals surface area contributed by atoms with Crippen molar-refractivity contribution in [2.75, 3.05) is 0 Å². The molecule has 2 aromatic rings. The predicted molar refractivity (Wildman–Crippen MR) is 98.8 cm³/mol. The molecule has 0 aromatic heterocycles. The van der Waals surface area contributed by atoms with Gasteiger partial charge in [-0.2, -0.15) is 0 Å². The Bertz CT molecular complexity index is 686. The van der Waals surface area contributed by atoms with Crippen LogP contribution in [0.15, 0.2) is 72.5 Å². The molecule has 3 rings (SSSR count). The molecular weight excluding hydrogens is 383 g/mol.